The molecular weight excluding hydrogens is 342 g/mol. The van der Waals surface area contributed by atoms with Crippen LogP contribution in [0.2, 0.25) is 0 Å². The molecule has 0 aliphatic heterocycles. The van der Waals surface area contributed by atoms with Crippen LogP contribution in [0.1, 0.15) is 11.3 Å². The Bertz CT molecular complexity index is 1070. The second-order valence-corrected chi connectivity index (χ2v) is 6.23. The highest BCUT2D eigenvalue weighted by Crippen LogP contribution is 2.20. The van der Waals surface area contributed by atoms with E-state index in [9.17, 15) is 4.79 Å². The van der Waals surface area contributed by atoms with Crippen LogP contribution in [0.3, 0.4) is 0 Å². The molecule has 7 nitrogen and oxygen atoms in total. The van der Waals surface area contributed by atoms with Gasteiger partial charge in [0.25, 0.3) is 0 Å². The van der Waals surface area contributed by atoms with E-state index in [-0.39, 0.29) is 12.5 Å². The number of hydrogen-bond donors (Lipinski definition) is 2. The first-order valence-electron chi connectivity index (χ1n) is 8.65. The van der Waals surface area contributed by atoms with Crippen molar-refractivity contribution in [2.45, 2.75) is 20.0 Å². The molecule has 136 valence electrons. The number of aryl methyl sites for hydroxylation is 1. The van der Waals surface area contributed by atoms with Gasteiger partial charge in [-0.25, -0.2) is 4.98 Å². The number of fused-ring (bicyclic) bond motifs is 1. The van der Waals surface area contributed by atoms with Gasteiger partial charge in [-0.2, -0.15) is 0 Å². The summed E-state index contributed by atoms with van der Waals surface area (Å²) in [7, 11) is 0. The van der Waals surface area contributed by atoms with E-state index in [4.69, 9.17) is 4.52 Å². The quantitative estimate of drug-likeness (QED) is 0.548. The SMILES string of the molecule is Cc1cc(NC(=O)Cn2c(NCc3ccccc3)nc3ccccc32)on1. The van der Waals surface area contributed by atoms with Crippen molar-refractivity contribution < 1.29 is 9.32 Å². The molecule has 0 unspecified atom stereocenters. The van der Waals surface area contributed by atoms with Gasteiger partial charge in [0.15, 0.2) is 0 Å². The Balaban J connectivity index is 1.56. The molecule has 1 amide bonds. The van der Waals surface area contributed by atoms with Gasteiger partial charge in [0.1, 0.15) is 6.54 Å². The van der Waals surface area contributed by atoms with E-state index in [1.807, 2.05) is 59.2 Å². The minimum atomic E-state index is -0.211. The predicted octanol–water partition coefficient (Wildman–Crippen LogP) is 3.58. The van der Waals surface area contributed by atoms with Crippen LogP contribution in [-0.4, -0.2) is 20.6 Å². The highest BCUT2D eigenvalue weighted by atomic mass is 16.5. The van der Waals surface area contributed by atoms with Crippen molar-refractivity contribution in [2.24, 2.45) is 0 Å². The molecule has 0 aliphatic rings. The van der Waals surface area contributed by atoms with E-state index in [1.165, 1.54) is 0 Å². The molecule has 0 saturated heterocycles. The Morgan fingerprint density at radius 2 is 1.89 bits per heavy atom. The first kappa shape index (κ1) is 16.8. The van der Waals surface area contributed by atoms with Crippen LogP contribution < -0.4 is 10.6 Å². The van der Waals surface area contributed by atoms with E-state index in [0.717, 1.165) is 16.6 Å². The zero-order chi connectivity index (χ0) is 18.6. The van der Waals surface area contributed by atoms with Crippen LogP contribution in [0, 0.1) is 6.92 Å². The second kappa shape index (κ2) is 7.33. The molecule has 2 aromatic heterocycles. The molecule has 4 rings (SSSR count). The monoisotopic (exact) mass is 361 g/mol. The lowest BCUT2D eigenvalue weighted by molar-refractivity contribution is -0.116. The lowest BCUT2D eigenvalue weighted by Crippen LogP contribution is -2.20. The lowest BCUT2D eigenvalue weighted by Gasteiger charge is -2.10. The van der Waals surface area contributed by atoms with E-state index >= 15 is 0 Å². The molecule has 0 atom stereocenters. The first-order chi connectivity index (χ1) is 13.2. The van der Waals surface area contributed by atoms with Crippen LogP contribution in [0.25, 0.3) is 11.0 Å². The molecule has 0 aliphatic carbocycles. The van der Waals surface area contributed by atoms with Crippen molar-refractivity contribution in [2.75, 3.05) is 10.6 Å². The van der Waals surface area contributed by atoms with E-state index < -0.39 is 0 Å². The molecule has 0 radical (unpaired) electrons. The number of carbonyl (C=O) groups excluding carboxylic acids is 1. The summed E-state index contributed by atoms with van der Waals surface area (Å²) in [6.07, 6.45) is 0. The number of imidazole rings is 1. The number of carbonyl (C=O) groups is 1. The minimum absolute atomic E-state index is 0.109. The van der Waals surface area contributed by atoms with E-state index in [1.54, 1.807) is 13.0 Å². The largest absolute Gasteiger partial charge is 0.352 e. The van der Waals surface area contributed by atoms with Gasteiger partial charge in [-0.3, -0.25) is 10.1 Å². The van der Waals surface area contributed by atoms with E-state index in [2.05, 4.69) is 20.8 Å². The van der Waals surface area contributed by atoms with Gasteiger partial charge in [-0.05, 0) is 24.6 Å². The standard InChI is InChI=1S/C20H19N5O2/c1-14-11-19(27-24-14)23-18(26)13-25-17-10-6-5-9-16(17)22-20(25)21-12-15-7-3-2-4-8-15/h2-11H,12-13H2,1H3,(H,21,22)(H,23,26). The Kier molecular flexibility index (Phi) is 4.57. The molecule has 0 bridgehead atoms. The van der Waals surface area contributed by atoms with Crippen LogP contribution in [0.4, 0.5) is 11.8 Å². The zero-order valence-electron chi connectivity index (χ0n) is 14.8. The van der Waals surface area contributed by atoms with E-state index in [0.29, 0.717) is 24.1 Å². The number of rotatable bonds is 6. The van der Waals surface area contributed by atoms with Crippen LogP contribution in [0.5, 0.6) is 0 Å². The normalized spacial score (nSPS) is 10.9. The van der Waals surface area contributed by atoms with Gasteiger partial charge >= 0.3 is 0 Å². The topological polar surface area (TPSA) is 85.0 Å². The average Bonchev–Trinajstić information content (AvgIpc) is 3.24. The van der Waals surface area contributed by atoms with Gasteiger partial charge in [-0.1, -0.05) is 47.6 Å². The Labute approximate surface area is 156 Å². The smallest absolute Gasteiger partial charge is 0.246 e. The fourth-order valence-electron chi connectivity index (χ4n) is 2.89. The number of nitrogens with one attached hydrogen (secondary N) is 2. The zero-order valence-corrected chi connectivity index (χ0v) is 14.8. The summed E-state index contributed by atoms with van der Waals surface area (Å²) in [6.45, 7) is 2.53. The van der Waals surface area contributed by atoms with Gasteiger partial charge < -0.3 is 14.4 Å². The molecular formula is C20H19N5O2. The third-order valence-electron chi connectivity index (χ3n) is 4.14. The van der Waals surface area contributed by atoms with Gasteiger partial charge in [0, 0.05) is 12.6 Å². The van der Waals surface area contributed by atoms with Gasteiger partial charge in [0.2, 0.25) is 17.7 Å². The maximum atomic E-state index is 12.5. The van der Waals surface area contributed by atoms with Crippen LogP contribution in [0.15, 0.2) is 65.2 Å². The Morgan fingerprint density at radius 3 is 2.67 bits per heavy atom. The van der Waals surface area contributed by atoms with Crippen molar-refractivity contribution in [3.05, 3.63) is 71.9 Å². The Hall–Kier alpha value is -3.61. The number of benzene rings is 2. The molecule has 2 aromatic carbocycles. The number of amides is 1. The first-order valence-corrected chi connectivity index (χ1v) is 8.65. The van der Waals surface area contributed by atoms with Crippen molar-refractivity contribution in [3.8, 4) is 0 Å². The molecule has 4 aromatic rings. The van der Waals surface area contributed by atoms with Gasteiger partial charge in [-0.15, -0.1) is 0 Å². The molecule has 0 spiro atoms. The third kappa shape index (κ3) is 3.82. The highest BCUT2D eigenvalue weighted by molar-refractivity contribution is 5.91. The number of para-hydroxylation sites is 2. The molecule has 0 fully saturated rings. The number of anilines is 2. The third-order valence-corrected chi connectivity index (χ3v) is 4.14. The molecule has 27 heavy (non-hydrogen) atoms. The number of nitrogens with zero attached hydrogens (tertiary/aromatic N) is 3. The van der Waals surface area contributed by atoms with Crippen molar-refractivity contribution in [3.63, 3.8) is 0 Å². The molecule has 2 N–H and O–H groups in total. The summed E-state index contributed by atoms with van der Waals surface area (Å²) < 4.78 is 6.91. The van der Waals surface area contributed by atoms with Gasteiger partial charge in [0.05, 0.1) is 16.7 Å². The maximum absolute atomic E-state index is 12.5. The fraction of sp³-hybridized carbons (Fsp3) is 0.150. The summed E-state index contributed by atoms with van der Waals surface area (Å²) in [5, 5.41) is 9.83. The molecule has 7 heteroatoms. The molecule has 0 saturated carbocycles. The lowest BCUT2D eigenvalue weighted by atomic mass is 10.2. The Morgan fingerprint density at radius 1 is 1.11 bits per heavy atom. The maximum Gasteiger partial charge on any atom is 0.246 e. The second-order valence-electron chi connectivity index (χ2n) is 6.23. The number of hydrogen-bond acceptors (Lipinski definition) is 5. The minimum Gasteiger partial charge on any atom is -0.352 e. The fourth-order valence-corrected chi connectivity index (χ4v) is 2.89. The highest BCUT2D eigenvalue weighted by Gasteiger charge is 2.14. The van der Waals surface area contributed by atoms with Crippen LogP contribution >= 0.6 is 0 Å². The summed E-state index contributed by atoms with van der Waals surface area (Å²) in [5.41, 5.74) is 3.56. The predicted molar refractivity (Wildman–Crippen MR) is 103 cm³/mol. The van der Waals surface area contributed by atoms with Crippen molar-refractivity contribution >= 4 is 28.8 Å². The van der Waals surface area contributed by atoms with Crippen molar-refractivity contribution in [1.82, 2.24) is 14.7 Å². The van der Waals surface area contributed by atoms with Crippen LogP contribution in [-0.2, 0) is 17.9 Å². The number of aromatic nitrogens is 3. The average molecular weight is 361 g/mol. The summed E-state index contributed by atoms with van der Waals surface area (Å²) >= 11 is 0. The summed E-state index contributed by atoms with van der Waals surface area (Å²) in [4.78, 5) is 17.1. The molecule has 2 heterocycles. The summed E-state index contributed by atoms with van der Waals surface area (Å²) in [6, 6.07) is 19.5. The van der Waals surface area contributed by atoms with Crippen molar-refractivity contribution in [1.29, 1.82) is 0 Å². The summed E-state index contributed by atoms with van der Waals surface area (Å²) in [5.74, 6) is 0.765.